The van der Waals surface area contributed by atoms with E-state index in [1.165, 1.54) is 11.1 Å². The van der Waals surface area contributed by atoms with Gasteiger partial charge in [-0.05, 0) is 50.6 Å². The minimum absolute atomic E-state index is 0.0586. The number of carbonyl (C=O) groups is 1. The lowest BCUT2D eigenvalue weighted by molar-refractivity contribution is 0.192. The molecule has 1 heterocycles. The average molecular weight is 392 g/mol. The summed E-state index contributed by atoms with van der Waals surface area (Å²) in [6.07, 6.45) is 2.06. The number of ether oxygens (including phenoxy) is 1. The van der Waals surface area contributed by atoms with Crippen LogP contribution in [0, 0.1) is 6.92 Å². The van der Waals surface area contributed by atoms with Crippen molar-refractivity contribution in [1.29, 1.82) is 0 Å². The van der Waals surface area contributed by atoms with E-state index in [-0.39, 0.29) is 12.1 Å². The Morgan fingerprint density at radius 1 is 1.10 bits per heavy atom. The van der Waals surface area contributed by atoms with E-state index in [1.54, 1.807) is 7.11 Å². The van der Waals surface area contributed by atoms with Crippen LogP contribution in [-0.4, -0.2) is 28.6 Å². The molecule has 0 spiro atoms. The zero-order valence-electron chi connectivity index (χ0n) is 17.6. The van der Waals surface area contributed by atoms with Crippen molar-refractivity contribution in [2.75, 3.05) is 12.4 Å². The van der Waals surface area contributed by atoms with E-state index in [9.17, 15) is 4.79 Å². The summed E-state index contributed by atoms with van der Waals surface area (Å²) in [5, 5.41) is 2.98. The van der Waals surface area contributed by atoms with Crippen molar-refractivity contribution in [3.63, 3.8) is 0 Å². The lowest BCUT2D eigenvalue weighted by Gasteiger charge is -2.27. The van der Waals surface area contributed by atoms with Crippen molar-refractivity contribution in [3.05, 3.63) is 83.7 Å². The van der Waals surface area contributed by atoms with Gasteiger partial charge in [0.2, 0.25) is 0 Å². The number of rotatable bonds is 7. The Bertz CT molecular complexity index is 945. The molecule has 5 heteroatoms. The van der Waals surface area contributed by atoms with Crippen molar-refractivity contribution < 1.29 is 9.53 Å². The number of benzene rings is 2. The first-order chi connectivity index (χ1) is 14.0. The third-order valence-electron chi connectivity index (χ3n) is 4.93. The summed E-state index contributed by atoms with van der Waals surface area (Å²) in [7, 11) is 1.61. The fourth-order valence-corrected chi connectivity index (χ4v) is 3.20. The molecule has 1 aromatic heterocycles. The van der Waals surface area contributed by atoms with Gasteiger partial charge in [-0.25, -0.2) is 4.79 Å². The molecular weight excluding hydrogens is 362 g/mol. The highest BCUT2D eigenvalue weighted by molar-refractivity contribution is 5.89. The van der Waals surface area contributed by atoms with E-state index in [4.69, 9.17) is 4.74 Å². The van der Waals surface area contributed by atoms with Gasteiger partial charge < -0.3 is 19.5 Å². The number of aryl methyl sites for hydroxylation is 1. The van der Waals surface area contributed by atoms with Gasteiger partial charge in [-0.2, -0.15) is 0 Å². The molecule has 0 radical (unpaired) electrons. The third kappa shape index (κ3) is 5.41. The molecule has 5 nitrogen and oxygen atoms in total. The van der Waals surface area contributed by atoms with Crippen LogP contribution in [0.4, 0.5) is 10.5 Å². The van der Waals surface area contributed by atoms with Crippen LogP contribution in [0.5, 0.6) is 5.75 Å². The molecule has 2 amide bonds. The smallest absolute Gasteiger partial charge is 0.322 e. The van der Waals surface area contributed by atoms with Gasteiger partial charge >= 0.3 is 6.03 Å². The minimum atomic E-state index is -0.128. The second-order valence-corrected chi connectivity index (χ2v) is 7.50. The number of carbonyl (C=O) groups excluding carboxylic acids is 1. The molecule has 3 rings (SSSR count). The molecule has 0 saturated carbocycles. The van der Waals surface area contributed by atoms with Crippen LogP contribution in [0.25, 0.3) is 0 Å². The van der Waals surface area contributed by atoms with E-state index >= 15 is 0 Å². The molecule has 0 aliphatic carbocycles. The highest BCUT2D eigenvalue weighted by Crippen LogP contribution is 2.19. The van der Waals surface area contributed by atoms with Gasteiger partial charge in [0.15, 0.2) is 0 Å². The van der Waals surface area contributed by atoms with Crippen molar-refractivity contribution >= 4 is 11.7 Å². The van der Waals surface area contributed by atoms with Crippen LogP contribution in [0.2, 0.25) is 0 Å². The first-order valence-corrected chi connectivity index (χ1v) is 9.87. The molecule has 0 fully saturated rings. The number of hydrogen-bond acceptors (Lipinski definition) is 2. The van der Waals surface area contributed by atoms with Crippen molar-refractivity contribution in [2.24, 2.45) is 0 Å². The summed E-state index contributed by atoms with van der Waals surface area (Å²) in [5.41, 5.74) is 4.31. The number of anilines is 1. The van der Waals surface area contributed by atoms with Crippen LogP contribution < -0.4 is 10.1 Å². The fraction of sp³-hybridized carbons (Fsp3) is 0.292. The van der Waals surface area contributed by atoms with Gasteiger partial charge in [0, 0.05) is 36.2 Å². The summed E-state index contributed by atoms with van der Waals surface area (Å²) in [5.74, 6) is 0.714. The predicted octanol–water partition coefficient (Wildman–Crippen LogP) is 5.30. The maximum Gasteiger partial charge on any atom is 0.322 e. The third-order valence-corrected chi connectivity index (χ3v) is 4.93. The maximum atomic E-state index is 13.0. The van der Waals surface area contributed by atoms with Gasteiger partial charge in [-0.3, -0.25) is 0 Å². The average Bonchev–Trinajstić information content (AvgIpc) is 3.14. The molecular formula is C24H29N3O2. The summed E-state index contributed by atoms with van der Waals surface area (Å²) >= 11 is 0. The van der Waals surface area contributed by atoms with Gasteiger partial charge in [-0.15, -0.1) is 0 Å². The van der Waals surface area contributed by atoms with Gasteiger partial charge in [0.1, 0.15) is 5.75 Å². The van der Waals surface area contributed by atoms with E-state index in [2.05, 4.69) is 53.3 Å². The minimum Gasteiger partial charge on any atom is -0.497 e. The molecule has 0 bridgehead atoms. The predicted molar refractivity (Wildman–Crippen MR) is 117 cm³/mol. The number of hydrogen-bond donors (Lipinski definition) is 1. The normalized spacial score (nSPS) is 10.8. The monoisotopic (exact) mass is 391 g/mol. The first-order valence-electron chi connectivity index (χ1n) is 9.87. The Morgan fingerprint density at radius 2 is 1.86 bits per heavy atom. The summed E-state index contributed by atoms with van der Waals surface area (Å²) < 4.78 is 7.43. The van der Waals surface area contributed by atoms with E-state index in [1.807, 2.05) is 49.1 Å². The van der Waals surface area contributed by atoms with Crippen molar-refractivity contribution in [3.8, 4) is 5.75 Å². The van der Waals surface area contributed by atoms with Crippen molar-refractivity contribution in [1.82, 2.24) is 9.47 Å². The standard InChI is InChI=1S/C24H29N3O2/c1-18(2)27(24(28)25-21-7-5-9-23(15-21)29-4)17-22-8-6-14-26(22)16-20-12-10-19(3)11-13-20/h5-15,18H,16-17H2,1-4H3,(H,25,28). The summed E-state index contributed by atoms with van der Waals surface area (Å²) in [6, 6.07) is 20.0. The molecule has 0 atom stereocenters. The zero-order valence-corrected chi connectivity index (χ0v) is 17.6. The molecule has 0 saturated heterocycles. The number of amides is 2. The molecule has 1 N–H and O–H groups in total. The molecule has 3 aromatic rings. The second kappa shape index (κ2) is 9.32. The fourth-order valence-electron chi connectivity index (χ4n) is 3.20. The first kappa shape index (κ1) is 20.5. The zero-order chi connectivity index (χ0) is 20.8. The highest BCUT2D eigenvalue weighted by Gasteiger charge is 2.19. The van der Waals surface area contributed by atoms with Crippen LogP contribution >= 0.6 is 0 Å². The van der Waals surface area contributed by atoms with E-state index in [0.717, 1.165) is 17.9 Å². The number of methoxy groups -OCH3 is 1. The van der Waals surface area contributed by atoms with Crippen LogP contribution in [0.1, 0.15) is 30.7 Å². The number of nitrogens with zero attached hydrogens (tertiary/aromatic N) is 2. The topological polar surface area (TPSA) is 46.5 Å². The van der Waals surface area contributed by atoms with Crippen LogP contribution in [0.3, 0.4) is 0 Å². The Hall–Kier alpha value is -3.21. The van der Waals surface area contributed by atoms with E-state index in [0.29, 0.717) is 12.3 Å². The Kier molecular flexibility index (Phi) is 6.60. The quantitative estimate of drug-likeness (QED) is 0.594. The van der Waals surface area contributed by atoms with Gasteiger partial charge in [-0.1, -0.05) is 35.9 Å². The lowest BCUT2D eigenvalue weighted by Crippen LogP contribution is -2.40. The van der Waals surface area contributed by atoms with Crippen LogP contribution in [-0.2, 0) is 13.1 Å². The summed E-state index contributed by atoms with van der Waals surface area (Å²) in [4.78, 5) is 14.8. The number of nitrogens with one attached hydrogen (secondary N) is 1. The Balaban J connectivity index is 1.73. The molecule has 152 valence electrons. The molecule has 2 aromatic carbocycles. The largest absolute Gasteiger partial charge is 0.497 e. The molecule has 29 heavy (non-hydrogen) atoms. The van der Waals surface area contributed by atoms with Crippen molar-refractivity contribution in [2.45, 2.75) is 39.9 Å². The maximum absolute atomic E-state index is 13.0. The number of aromatic nitrogens is 1. The molecule has 0 aliphatic rings. The molecule has 0 aliphatic heterocycles. The lowest BCUT2D eigenvalue weighted by atomic mass is 10.1. The summed E-state index contributed by atoms with van der Waals surface area (Å²) in [6.45, 7) is 7.46. The Labute approximate surface area is 172 Å². The Morgan fingerprint density at radius 3 is 2.55 bits per heavy atom. The van der Waals surface area contributed by atoms with Gasteiger partial charge in [0.05, 0.1) is 13.7 Å². The number of urea groups is 1. The second-order valence-electron chi connectivity index (χ2n) is 7.50. The molecule has 0 unspecified atom stereocenters. The SMILES string of the molecule is COc1cccc(NC(=O)N(Cc2cccn2Cc2ccc(C)cc2)C(C)C)c1. The van der Waals surface area contributed by atoms with Crippen LogP contribution in [0.15, 0.2) is 66.9 Å². The van der Waals surface area contributed by atoms with Gasteiger partial charge in [0.25, 0.3) is 0 Å². The highest BCUT2D eigenvalue weighted by atomic mass is 16.5. The van der Waals surface area contributed by atoms with E-state index < -0.39 is 0 Å².